The predicted octanol–water partition coefficient (Wildman–Crippen LogP) is 5.10. The zero-order valence-corrected chi connectivity index (χ0v) is 17.6. The Hall–Kier alpha value is -3.23. The molecule has 0 saturated heterocycles. The molecule has 0 aliphatic rings. The zero-order chi connectivity index (χ0) is 20.5. The summed E-state index contributed by atoms with van der Waals surface area (Å²) >= 11 is 2.80. The maximum atomic E-state index is 13.1. The molecule has 0 unspecified atom stereocenters. The molecular weight excluding hydrogens is 416 g/mol. The van der Waals surface area contributed by atoms with Crippen LogP contribution in [0.25, 0.3) is 27.3 Å². The van der Waals surface area contributed by atoms with E-state index in [4.69, 9.17) is 9.51 Å². The van der Waals surface area contributed by atoms with Gasteiger partial charge < -0.3 is 4.52 Å². The molecule has 3 aromatic heterocycles. The van der Waals surface area contributed by atoms with E-state index in [0.29, 0.717) is 32.8 Å². The summed E-state index contributed by atoms with van der Waals surface area (Å²) in [5, 5.41) is 6.57. The second-order valence-corrected chi connectivity index (χ2v) is 8.53. The molecule has 0 bridgehead atoms. The lowest BCUT2D eigenvalue weighted by atomic mass is 10.1. The van der Waals surface area contributed by atoms with E-state index in [2.05, 4.69) is 10.1 Å². The summed E-state index contributed by atoms with van der Waals surface area (Å²) in [6.45, 7) is 2.02. The first-order valence-corrected chi connectivity index (χ1v) is 11.1. The minimum absolute atomic E-state index is 0.0744. The van der Waals surface area contributed by atoms with Crippen molar-refractivity contribution in [3.8, 4) is 17.1 Å². The van der Waals surface area contributed by atoms with Crippen LogP contribution in [0, 0.1) is 6.92 Å². The Labute approximate surface area is 180 Å². The van der Waals surface area contributed by atoms with E-state index in [-0.39, 0.29) is 5.56 Å². The quantitative estimate of drug-likeness (QED) is 0.284. The Morgan fingerprint density at radius 3 is 2.77 bits per heavy atom. The highest BCUT2D eigenvalue weighted by Gasteiger charge is 2.16. The van der Waals surface area contributed by atoms with Gasteiger partial charge in [0.1, 0.15) is 4.70 Å². The lowest BCUT2D eigenvalue weighted by Gasteiger charge is -2.11. The van der Waals surface area contributed by atoms with E-state index < -0.39 is 0 Å². The first kappa shape index (κ1) is 18.8. The summed E-state index contributed by atoms with van der Waals surface area (Å²) in [6, 6.07) is 19.3. The van der Waals surface area contributed by atoms with Gasteiger partial charge in [0, 0.05) is 5.56 Å². The summed E-state index contributed by atoms with van der Waals surface area (Å²) in [6.07, 6.45) is 0. The average molecular weight is 433 g/mol. The number of aromatic nitrogens is 4. The van der Waals surface area contributed by atoms with Crippen LogP contribution in [0.4, 0.5) is 0 Å². The van der Waals surface area contributed by atoms with Crippen LogP contribution in [0.5, 0.6) is 0 Å². The Bertz CT molecular complexity index is 1390. The average Bonchev–Trinajstić information content (AvgIpc) is 3.43. The van der Waals surface area contributed by atoms with Gasteiger partial charge in [-0.1, -0.05) is 58.9 Å². The van der Waals surface area contributed by atoms with Gasteiger partial charge >= 0.3 is 0 Å². The standard InChI is InChI=1S/C22H16N4O2S2/c1-14-6-5-7-15(12-14)20-24-18(28-25-20)13-30-22-23-17-10-11-29-19(17)21(27)26(22)16-8-3-2-4-9-16/h2-12H,13H2,1H3. The van der Waals surface area contributed by atoms with Crippen LogP contribution in [0.1, 0.15) is 11.5 Å². The van der Waals surface area contributed by atoms with E-state index in [9.17, 15) is 4.79 Å². The fraction of sp³-hybridized carbons (Fsp3) is 0.0909. The SMILES string of the molecule is Cc1cccc(-c2noc(CSc3nc4ccsc4c(=O)n3-c3ccccc3)n2)c1. The Morgan fingerprint density at radius 2 is 1.93 bits per heavy atom. The molecular formula is C22H16N4O2S2. The normalized spacial score (nSPS) is 11.2. The molecule has 8 heteroatoms. The molecule has 0 radical (unpaired) electrons. The lowest BCUT2D eigenvalue weighted by Crippen LogP contribution is -2.20. The summed E-state index contributed by atoms with van der Waals surface area (Å²) in [5.74, 6) is 1.44. The van der Waals surface area contributed by atoms with Gasteiger partial charge in [-0.05, 0) is 36.6 Å². The van der Waals surface area contributed by atoms with Crippen molar-refractivity contribution in [2.75, 3.05) is 0 Å². The molecule has 0 aliphatic heterocycles. The first-order chi connectivity index (χ1) is 14.7. The van der Waals surface area contributed by atoms with E-state index >= 15 is 0 Å². The van der Waals surface area contributed by atoms with E-state index in [1.165, 1.54) is 23.1 Å². The van der Waals surface area contributed by atoms with Crippen LogP contribution in [0.3, 0.4) is 0 Å². The monoisotopic (exact) mass is 432 g/mol. The van der Waals surface area contributed by atoms with Gasteiger partial charge in [0.2, 0.25) is 11.7 Å². The van der Waals surface area contributed by atoms with Gasteiger partial charge in [-0.2, -0.15) is 4.98 Å². The molecule has 0 aliphatic carbocycles. The third kappa shape index (κ3) is 3.55. The molecule has 5 aromatic rings. The molecule has 5 rings (SSSR count). The molecule has 0 saturated carbocycles. The molecule has 0 atom stereocenters. The summed E-state index contributed by atoms with van der Waals surface area (Å²) < 4.78 is 7.72. The third-order valence-corrected chi connectivity index (χ3v) is 6.35. The minimum atomic E-state index is -0.0744. The highest BCUT2D eigenvalue weighted by atomic mass is 32.2. The van der Waals surface area contributed by atoms with Crippen molar-refractivity contribution in [1.82, 2.24) is 19.7 Å². The number of thioether (sulfide) groups is 1. The number of nitrogens with zero attached hydrogens (tertiary/aromatic N) is 4. The molecule has 30 heavy (non-hydrogen) atoms. The lowest BCUT2D eigenvalue weighted by molar-refractivity contribution is 0.391. The van der Waals surface area contributed by atoms with Crippen molar-refractivity contribution < 1.29 is 4.52 Å². The van der Waals surface area contributed by atoms with E-state index in [1.54, 1.807) is 4.57 Å². The number of thiophene rings is 1. The van der Waals surface area contributed by atoms with Crippen molar-refractivity contribution in [3.63, 3.8) is 0 Å². The molecule has 6 nitrogen and oxygen atoms in total. The van der Waals surface area contributed by atoms with Crippen LogP contribution >= 0.6 is 23.1 Å². The van der Waals surface area contributed by atoms with Gasteiger partial charge in [0.15, 0.2) is 5.16 Å². The molecule has 0 fully saturated rings. The number of rotatable bonds is 5. The topological polar surface area (TPSA) is 73.8 Å². The number of aryl methyl sites for hydroxylation is 1. The van der Waals surface area contributed by atoms with E-state index in [1.807, 2.05) is 73.0 Å². The summed E-state index contributed by atoms with van der Waals surface area (Å²) in [5.41, 5.74) is 3.45. The Morgan fingerprint density at radius 1 is 1.07 bits per heavy atom. The first-order valence-electron chi connectivity index (χ1n) is 9.27. The van der Waals surface area contributed by atoms with Crippen LogP contribution in [-0.2, 0) is 5.75 Å². The molecule has 148 valence electrons. The number of benzene rings is 2. The number of hydrogen-bond acceptors (Lipinski definition) is 7. The smallest absolute Gasteiger partial charge is 0.276 e. The molecule has 0 spiro atoms. The zero-order valence-electron chi connectivity index (χ0n) is 16.0. The van der Waals surface area contributed by atoms with Crippen LogP contribution in [-0.4, -0.2) is 19.7 Å². The highest BCUT2D eigenvalue weighted by Crippen LogP contribution is 2.26. The van der Waals surface area contributed by atoms with E-state index in [0.717, 1.165) is 16.8 Å². The maximum absolute atomic E-state index is 13.1. The van der Waals surface area contributed by atoms with Crippen molar-refractivity contribution >= 4 is 33.3 Å². The van der Waals surface area contributed by atoms with Gasteiger partial charge in [-0.15, -0.1) is 11.3 Å². The third-order valence-electron chi connectivity index (χ3n) is 4.53. The predicted molar refractivity (Wildman–Crippen MR) is 119 cm³/mol. The van der Waals surface area contributed by atoms with Crippen molar-refractivity contribution in [2.24, 2.45) is 0 Å². The summed E-state index contributed by atoms with van der Waals surface area (Å²) in [7, 11) is 0. The number of para-hydroxylation sites is 1. The van der Waals surface area contributed by atoms with Crippen LogP contribution in [0.2, 0.25) is 0 Å². The minimum Gasteiger partial charge on any atom is -0.338 e. The van der Waals surface area contributed by atoms with Crippen molar-refractivity contribution in [1.29, 1.82) is 0 Å². The second kappa shape index (κ2) is 7.89. The van der Waals surface area contributed by atoms with Crippen LogP contribution < -0.4 is 5.56 Å². The van der Waals surface area contributed by atoms with Crippen LogP contribution in [0.15, 0.2) is 80.5 Å². The van der Waals surface area contributed by atoms with Crippen molar-refractivity contribution in [2.45, 2.75) is 17.8 Å². The van der Waals surface area contributed by atoms with Gasteiger partial charge in [0.05, 0.1) is 17.0 Å². The second-order valence-electron chi connectivity index (χ2n) is 6.68. The van der Waals surface area contributed by atoms with Crippen molar-refractivity contribution in [3.05, 3.63) is 87.9 Å². The largest absolute Gasteiger partial charge is 0.338 e. The van der Waals surface area contributed by atoms with Gasteiger partial charge in [0.25, 0.3) is 5.56 Å². The summed E-state index contributed by atoms with van der Waals surface area (Å²) in [4.78, 5) is 22.3. The number of hydrogen-bond donors (Lipinski definition) is 0. The van der Waals surface area contributed by atoms with Gasteiger partial charge in [-0.3, -0.25) is 9.36 Å². The number of fused-ring (bicyclic) bond motifs is 1. The fourth-order valence-corrected chi connectivity index (χ4v) is 4.74. The highest BCUT2D eigenvalue weighted by molar-refractivity contribution is 7.98. The molecule has 0 N–H and O–H groups in total. The Kier molecular flexibility index (Phi) is 4.94. The molecule has 2 aromatic carbocycles. The Balaban J connectivity index is 1.48. The fourth-order valence-electron chi connectivity index (χ4n) is 3.13. The molecule has 3 heterocycles. The van der Waals surface area contributed by atoms with Gasteiger partial charge in [-0.25, -0.2) is 4.98 Å². The molecule has 0 amide bonds. The maximum Gasteiger partial charge on any atom is 0.276 e.